The SMILES string of the molecule is CC(C)N1CCN(c2c(F)cc(OCCN3CCC(O)CC3)cc2F)CC1. The van der Waals surface area contributed by atoms with Gasteiger partial charge >= 0.3 is 0 Å². The Bertz CT molecular complexity index is 590. The van der Waals surface area contributed by atoms with Crippen LogP contribution in [-0.2, 0) is 0 Å². The van der Waals surface area contributed by atoms with Crippen molar-refractivity contribution in [2.75, 3.05) is 57.3 Å². The summed E-state index contributed by atoms with van der Waals surface area (Å²) in [7, 11) is 0. The molecule has 2 aliphatic heterocycles. The predicted molar refractivity (Wildman–Crippen MR) is 102 cm³/mol. The Morgan fingerprint density at radius 1 is 1.04 bits per heavy atom. The lowest BCUT2D eigenvalue weighted by atomic mass is 10.1. The molecule has 3 rings (SSSR count). The summed E-state index contributed by atoms with van der Waals surface area (Å²) < 4.78 is 34.7. The van der Waals surface area contributed by atoms with Crippen LogP contribution in [0.2, 0.25) is 0 Å². The third kappa shape index (κ3) is 5.30. The summed E-state index contributed by atoms with van der Waals surface area (Å²) in [5, 5.41) is 9.52. The molecule has 27 heavy (non-hydrogen) atoms. The normalized spacial score (nSPS) is 20.4. The fourth-order valence-corrected chi connectivity index (χ4v) is 3.83. The van der Waals surface area contributed by atoms with Gasteiger partial charge in [-0.15, -0.1) is 0 Å². The van der Waals surface area contributed by atoms with Crippen LogP contribution in [-0.4, -0.2) is 79.5 Å². The third-order valence-corrected chi connectivity index (χ3v) is 5.58. The Kier molecular flexibility index (Phi) is 6.89. The van der Waals surface area contributed by atoms with Gasteiger partial charge in [0.15, 0.2) is 11.6 Å². The van der Waals surface area contributed by atoms with E-state index in [1.54, 1.807) is 4.90 Å². The van der Waals surface area contributed by atoms with Crippen LogP contribution < -0.4 is 9.64 Å². The number of benzene rings is 1. The number of piperazine rings is 1. The number of hydrogen-bond donors (Lipinski definition) is 1. The van der Waals surface area contributed by atoms with Crippen LogP contribution in [0, 0.1) is 11.6 Å². The number of piperidine rings is 1. The fourth-order valence-electron chi connectivity index (χ4n) is 3.83. The van der Waals surface area contributed by atoms with Crippen molar-refractivity contribution in [3.8, 4) is 5.75 Å². The van der Waals surface area contributed by atoms with Gasteiger partial charge in [-0.25, -0.2) is 8.78 Å². The van der Waals surface area contributed by atoms with Crippen LogP contribution in [0.25, 0.3) is 0 Å². The molecule has 2 saturated heterocycles. The maximum Gasteiger partial charge on any atom is 0.153 e. The Balaban J connectivity index is 1.54. The van der Waals surface area contributed by atoms with E-state index in [2.05, 4.69) is 23.6 Å². The average molecular weight is 383 g/mol. The zero-order valence-corrected chi connectivity index (χ0v) is 16.3. The van der Waals surface area contributed by atoms with E-state index in [1.807, 2.05) is 0 Å². The molecular formula is C20H31F2N3O2. The largest absolute Gasteiger partial charge is 0.492 e. The summed E-state index contributed by atoms with van der Waals surface area (Å²) in [6, 6.07) is 3.01. The molecule has 1 aromatic rings. The number of nitrogens with zero attached hydrogens (tertiary/aromatic N) is 3. The molecule has 1 N–H and O–H groups in total. The quantitative estimate of drug-likeness (QED) is 0.816. The standard InChI is InChI=1S/C20H31F2N3O2/c1-15(2)24-7-9-25(10-8-24)20-18(21)13-17(14-19(20)22)27-12-11-23-5-3-16(26)4-6-23/h13-16,26H,3-12H2,1-2H3. The third-order valence-electron chi connectivity index (χ3n) is 5.58. The summed E-state index contributed by atoms with van der Waals surface area (Å²) in [4.78, 5) is 6.29. The van der Waals surface area contributed by atoms with Gasteiger partial charge in [-0.05, 0) is 26.7 Å². The van der Waals surface area contributed by atoms with E-state index >= 15 is 0 Å². The second-order valence-electron chi connectivity index (χ2n) is 7.77. The molecule has 0 aromatic heterocycles. The van der Waals surface area contributed by atoms with Crippen LogP contribution in [0.3, 0.4) is 0 Å². The van der Waals surface area contributed by atoms with E-state index in [0.29, 0.717) is 32.3 Å². The van der Waals surface area contributed by atoms with Crippen molar-refractivity contribution in [2.24, 2.45) is 0 Å². The van der Waals surface area contributed by atoms with Gasteiger partial charge in [0, 0.05) is 64.0 Å². The average Bonchev–Trinajstić information content (AvgIpc) is 2.63. The van der Waals surface area contributed by atoms with E-state index < -0.39 is 11.6 Å². The first-order valence-corrected chi connectivity index (χ1v) is 9.95. The molecule has 0 atom stereocenters. The van der Waals surface area contributed by atoms with Crippen LogP contribution in [0.4, 0.5) is 14.5 Å². The number of likely N-dealkylation sites (tertiary alicyclic amines) is 1. The molecular weight excluding hydrogens is 352 g/mol. The van der Waals surface area contributed by atoms with Crippen LogP contribution in [0.1, 0.15) is 26.7 Å². The minimum absolute atomic E-state index is 0.0516. The Morgan fingerprint density at radius 2 is 1.63 bits per heavy atom. The van der Waals surface area contributed by atoms with Gasteiger partial charge in [-0.2, -0.15) is 0 Å². The Labute approximate surface area is 160 Å². The highest BCUT2D eigenvalue weighted by Crippen LogP contribution is 2.29. The molecule has 0 amide bonds. The second-order valence-corrected chi connectivity index (χ2v) is 7.77. The summed E-state index contributed by atoms with van der Waals surface area (Å²) in [6.07, 6.45) is 1.32. The van der Waals surface area contributed by atoms with E-state index in [0.717, 1.165) is 39.0 Å². The lowest BCUT2D eigenvalue weighted by molar-refractivity contribution is 0.0754. The van der Waals surface area contributed by atoms with Crippen LogP contribution in [0.5, 0.6) is 5.75 Å². The van der Waals surface area contributed by atoms with E-state index in [1.165, 1.54) is 12.1 Å². The molecule has 2 heterocycles. The lowest BCUT2D eigenvalue weighted by Crippen LogP contribution is -2.49. The van der Waals surface area contributed by atoms with Crippen molar-refractivity contribution in [3.05, 3.63) is 23.8 Å². The molecule has 0 saturated carbocycles. The van der Waals surface area contributed by atoms with E-state index in [9.17, 15) is 13.9 Å². The smallest absolute Gasteiger partial charge is 0.153 e. The minimum Gasteiger partial charge on any atom is -0.492 e. The van der Waals surface area contributed by atoms with Crippen molar-refractivity contribution in [1.82, 2.24) is 9.80 Å². The van der Waals surface area contributed by atoms with Gasteiger partial charge in [0.05, 0.1) is 6.10 Å². The highest BCUT2D eigenvalue weighted by molar-refractivity contribution is 5.52. The molecule has 2 fully saturated rings. The Morgan fingerprint density at radius 3 is 2.19 bits per heavy atom. The molecule has 0 unspecified atom stereocenters. The zero-order valence-electron chi connectivity index (χ0n) is 16.3. The van der Waals surface area contributed by atoms with E-state index in [4.69, 9.17) is 4.74 Å². The highest BCUT2D eigenvalue weighted by Gasteiger charge is 2.24. The lowest BCUT2D eigenvalue weighted by Gasteiger charge is -2.38. The van der Waals surface area contributed by atoms with Crippen molar-refractivity contribution >= 4 is 5.69 Å². The first-order chi connectivity index (χ1) is 12.9. The molecule has 1 aromatic carbocycles. The first-order valence-electron chi connectivity index (χ1n) is 9.95. The highest BCUT2D eigenvalue weighted by atomic mass is 19.1. The minimum atomic E-state index is -0.566. The van der Waals surface area contributed by atoms with Gasteiger partial charge in [-0.3, -0.25) is 9.80 Å². The van der Waals surface area contributed by atoms with Crippen molar-refractivity contribution in [3.63, 3.8) is 0 Å². The fraction of sp³-hybridized carbons (Fsp3) is 0.700. The maximum atomic E-state index is 14.6. The monoisotopic (exact) mass is 383 g/mol. The number of halogens is 2. The summed E-state index contributed by atoms with van der Waals surface area (Å²) in [5.74, 6) is -0.903. The summed E-state index contributed by atoms with van der Waals surface area (Å²) in [5.41, 5.74) is 0.0516. The van der Waals surface area contributed by atoms with Gasteiger partial charge in [0.25, 0.3) is 0 Å². The summed E-state index contributed by atoms with van der Waals surface area (Å²) >= 11 is 0. The number of aliphatic hydroxyl groups is 1. The molecule has 152 valence electrons. The predicted octanol–water partition coefficient (Wildman–Crippen LogP) is 2.33. The number of hydrogen-bond acceptors (Lipinski definition) is 5. The zero-order chi connectivity index (χ0) is 19.4. The molecule has 7 heteroatoms. The number of aliphatic hydroxyl groups excluding tert-OH is 1. The molecule has 0 spiro atoms. The van der Waals surface area contributed by atoms with Gasteiger partial charge < -0.3 is 14.7 Å². The van der Waals surface area contributed by atoms with Crippen LogP contribution in [0.15, 0.2) is 12.1 Å². The van der Waals surface area contributed by atoms with Gasteiger partial charge in [0.2, 0.25) is 0 Å². The number of ether oxygens (including phenoxy) is 1. The first kappa shape index (κ1) is 20.3. The van der Waals surface area contributed by atoms with Crippen molar-refractivity contribution in [2.45, 2.75) is 38.8 Å². The number of anilines is 1. The second kappa shape index (κ2) is 9.17. The number of rotatable bonds is 6. The van der Waals surface area contributed by atoms with Gasteiger partial charge in [0.1, 0.15) is 18.0 Å². The van der Waals surface area contributed by atoms with Gasteiger partial charge in [-0.1, -0.05) is 0 Å². The van der Waals surface area contributed by atoms with E-state index in [-0.39, 0.29) is 17.5 Å². The Hall–Kier alpha value is -1.44. The van der Waals surface area contributed by atoms with Crippen molar-refractivity contribution < 1.29 is 18.6 Å². The molecule has 5 nitrogen and oxygen atoms in total. The molecule has 0 bridgehead atoms. The molecule has 0 radical (unpaired) electrons. The van der Waals surface area contributed by atoms with Crippen LogP contribution >= 0.6 is 0 Å². The van der Waals surface area contributed by atoms with Crippen molar-refractivity contribution in [1.29, 1.82) is 0 Å². The maximum absolute atomic E-state index is 14.6. The molecule has 0 aliphatic carbocycles. The summed E-state index contributed by atoms with van der Waals surface area (Å²) in [6.45, 7) is 9.84. The topological polar surface area (TPSA) is 39.2 Å². The molecule has 2 aliphatic rings.